The molecule has 3 rings (SSSR count). The van der Waals surface area contributed by atoms with Crippen molar-refractivity contribution < 1.29 is 19.1 Å². The van der Waals surface area contributed by atoms with E-state index in [1.165, 1.54) is 0 Å². The van der Waals surface area contributed by atoms with Gasteiger partial charge in [-0.05, 0) is 31.0 Å². The van der Waals surface area contributed by atoms with Crippen LogP contribution in [-0.4, -0.2) is 30.4 Å². The summed E-state index contributed by atoms with van der Waals surface area (Å²) in [4.78, 5) is 27.7. The molecule has 0 spiro atoms. The molecule has 1 fully saturated rings. The van der Waals surface area contributed by atoms with Crippen LogP contribution in [0.15, 0.2) is 54.6 Å². The summed E-state index contributed by atoms with van der Waals surface area (Å²) in [5.74, 6) is 0.528. The van der Waals surface area contributed by atoms with E-state index in [1.54, 1.807) is 19.2 Å². The van der Waals surface area contributed by atoms with Crippen LogP contribution in [0.5, 0.6) is 11.5 Å². The number of methoxy groups -OCH3 is 1. The summed E-state index contributed by atoms with van der Waals surface area (Å²) in [7, 11) is 1.61. The number of para-hydroxylation sites is 2. The van der Waals surface area contributed by atoms with E-state index in [0.717, 1.165) is 18.4 Å². The minimum absolute atomic E-state index is 0.0770. The zero-order valence-electron chi connectivity index (χ0n) is 16.5. The van der Waals surface area contributed by atoms with Crippen LogP contribution >= 0.6 is 0 Å². The lowest BCUT2D eigenvalue weighted by Crippen LogP contribution is -2.46. The van der Waals surface area contributed by atoms with Gasteiger partial charge < -0.3 is 14.4 Å². The third-order valence-corrected chi connectivity index (χ3v) is 5.18. The maximum atomic E-state index is 13.1. The Morgan fingerprint density at radius 1 is 1.11 bits per heavy atom. The standard InChI is InChI=1S/C23H27NO4/c1-3-4-16-24-21(25)15-14-19(23(26)28-17-10-6-5-7-11-17)22(24)18-12-8-9-13-20(18)27-2/h5-13,19,22H,3-4,14-16H2,1-2H3/t19-,22-/m0/s1. The summed E-state index contributed by atoms with van der Waals surface area (Å²) in [6, 6.07) is 16.3. The molecule has 5 nitrogen and oxygen atoms in total. The third kappa shape index (κ3) is 4.35. The Labute approximate surface area is 166 Å². The minimum Gasteiger partial charge on any atom is -0.496 e. The van der Waals surface area contributed by atoms with Gasteiger partial charge in [0.25, 0.3) is 0 Å². The van der Waals surface area contributed by atoms with Crippen molar-refractivity contribution in [2.24, 2.45) is 5.92 Å². The van der Waals surface area contributed by atoms with Crippen molar-refractivity contribution >= 4 is 11.9 Å². The summed E-state index contributed by atoms with van der Waals surface area (Å²) in [6.45, 7) is 2.71. The van der Waals surface area contributed by atoms with Crippen molar-refractivity contribution in [3.63, 3.8) is 0 Å². The number of hydrogen-bond acceptors (Lipinski definition) is 4. The summed E-state index contributed by atoms with van der Waals surface area (Å²) in [5.41, 5.74) is 0.851. The van der Waals surface area contributed by atoms with E-state index >= 15 is 0 Å². The summed E-state index contributed by atoms with van der Waals surface area (Å²) >= 11 is 0. The summed E-state index contributed by atoms with van der Waals surface area (Å²) in [5, 5.41) is 0. The average molecular weight is 381 g/mol. The summed E-state index contributed by atoms with van der Waals surface area (Å²) < 4.78 is 11.2. The highest BCUT2D eigenvalue weighted by Gasteiger charge is 2.42. The molecule has 0 N–H and O–H groups in total. The van der Waals surface area contributed by atoms with Crippen LogP contribution < -0.4 is 9.47 Å². The molecule has 5 heteroatoms. The van der Waals surface area contributed by atoms with E-state index in [2.05, 4.69) is 6.92 Å². The van der Waals surface area contributed by atoms with Crippen molar-refractivity contribution in [2.75, 3.05) is 13.7 Å². The van der Waals surface area contributed by atoms with Crippen molar-refractivity contribution in [2.45, 2.75) is 38.6 Å². The average Bonchev–Trinajstić information content (AvgIpc) is 2.73. The lowest BCUT2D eigenvalue weighted by molar-refractivity contribution is -0.150. The molecule has 1 aliphatic rings. The fraction of sp³-hybridized carbons (Fsp3) is 0.391. The maximum Gasteiger partial charge on any atom is 0.316 e. The molecule has 0 aromatic heterocycles. The number of amides is 1. The van der Waals surface area contributed by atoms with Gasteiger partial charge >= 0.3 is 5.97 Å². The molecule has 2 aromatic carbocycles. The molecule has 0 bridgehead atoms. The van der Waals surface area contributed by atoms with Crippen molar-refractivity contribution in [3.8, 4) is 11.5 Å². The van der Waals surface area contributed by atoms with Gasteiger partial charge in [0.15, 0.2) is 0 Å². The first kappa shape index (κ1) is 19.9. The highest BCUT2D eigenvalue weighted by molar-refractivity contribution is 5.83. The van der Waals surface area contributed by atoms with Crippen molar-refractivity contribution in [1.82, 2.24) is 4.90 Å². The number of carbonyl (C=O) groups is 2. The molecule has 28 heavy (non-hydrogen) atoms. The predicted octanol–water partition coefficient (Wildman–Crippen LogP) is 4.38. The lowest BCUT2D eigenvalue weighted by Gasteiger charge is -2.40. The van der Waals surface area contributed by atoms with Crippen molar-refractivity contribution in [3.05, 3.63) is 60.2 Å². The van der Waals surface area contributed by atoms with Gasteiger partial charge in [0.05, 0.1) is 19.1 Å². The number of rotatable bonds is 7. The Kier molecular flexibility index (Phi) is 6.69. The van der Waals surface area contributed by atoms with Gasteiger partial charge in [0.2, 0.25) is 5.91 Å². The second-order valence-corrected chi connectivity index (χ2v) is 7.01. The molecule has 0 aliphatic carbocycles. The molecule has 0 saturated carbocycles. The molecular formula is C23H27NO4. The van der Waals surface area contributed by atoms with Crippen LogP contribution in [0.25, 0.3) is 0 Å². The van der Waals surface area contributed by atoms with Gasteiger partial charge in [-0.25, -0.2) is 0 Å². The van der Waals surface area contributed by atoms with Gasteiger partial charge in [-0.2, -0.15) is 0 Å². The smallest absolute Gasteiger partial charge is 0.316 e. The first-order valence-corrected chi connectivity index (χ1v) is 9.84. The zero-order chi connectivity index (χ0) is 19.9. The van der Waals surface area contributed by atoms with Gasteiger partial charge in [-0.3, -0.25) is 9.59 Å². The Morgan fingerprint density at radius 2 is 1.82 bits per heavy atom. The molecule has 1 aliphatic heterocycles. The zero-order valence-corrected chi connectivity index (χ0v) is 16.5. The monoisotopic (exact) mass is 381 g/mol. The molecule has 148 valence electrons. The molecule has 2 aromatic rings. The Hall–Kier alpha value is -2.82. The molecule has 1 saturated heterocycles. The number of hydrogen-bond donors (Lipinski definition) is 0. The van der Waals surface area contributed by atoms with Crippen molar-refractivity contribution in [1.29, 1.82) is 0 Å². The van der Waals surface area contributed by atoms with Gasteiger partial charge in [0, 0.05) is 18.5 Å². The molecule has 1 heterocycles. The molecule has 2 atom stereocenters. The van der Waals surface area contributed by atoms with Crippen LogP contribution in [0.2, 0.25) is 0 Å². The number of esters is 1. The number of carbonyl (C=O) groups excluding carboxylic acids is 2. The minimum atomic E-state index is -0.439. The fourth-order valence-corrected chi connectivity index (χ4v) is 3.77. The van der Waals surface area contributed by atoms with Crippen LogP contribution in [-0.2, 0) is 9.59 Å². The molecule has 1 amide bonds. The van der Waals surface area contributed by atoms with E-state index in [4.69, 9.17) is 9.47 Å². The first-order chi connectivity index (χ1) is 13.7. The second kappa shape index (κ2) is 9.40. The number of nitrogens with zero attached hydrogens (tertiary/aromatic N) is 1. The van der Waals surface area contributed by atoms with E-state index in [-0.39, 0.29) is 17.9 Å². The number of likely N-dealkylation sites (tertiary alicyclic amines) is 1. The highest BCUT2D eigenvalue weighted by atomic mass is 16.5. The maximum absolute atomic E-state index is 13.1. The normalized spacial score (nSPS) is 19.4. The Balaban J connectivity index is 1.96. The number of piperidine rings is 1. The van der Waals surface area contributed by atoms with E-state index in [1.807, 2.05) is 47.4 Å². The SMILES string of the molecule is CCCCN1C(=O)CC[C@H](C(=O)Oc2ccccc2)[C@@H]1c1ccccc1OC. The lowest BCUT2D eigenvalue weighted by atomic mass is 9.83. The Morgan fingerprint density at radius 3 is 2.54 bits per heavy atom. The quantitative estimate of drug-likeness (QED) is 0.528. The molecule has 0 radical (unpaired) electrons. The molecular weight excluding hydrogens is 354 g/mol. The fourth-order valence-electron chi connectivity index (χ4n) is 3.77. The number of ether oxygens (including phenoxy) is 2. The largest absolute Gasteiger partial charge is 0.496 e. The number of unbranched alkanes of at least 4 members (excludes halogenated alkanes) is 1. The third-order valence-electron chi connectivity index (χ3n) is 5.18. The Bertz CT molecular complexity index is 805. The van der Waals surface area contributed by atoms with E-state index in [9.17, 15) is 9.59 Å². The van der Waals surface area contributed by atoms with Gasteiger partial charge in [-0.1, -0.05) is 49.7 Å². The van der Waals surface area contributed by atoms with Crippen LogP contribution in [0.4, 0.5) is 0 Å². The molecule has 0 unspecified atom stereocenters. The topological polar surface area (TPSA) is 55.8 Å². The number of benzene rings is 2. The van der Waals surface area contributed by atoms with E-state index in [0.29, 0.717) is 30.9 Å². The van der Waals surface area contributed by atoms with Gasteiger partial charge in [-0.15, -0.1) is 0 Å². The highest BCUT2D eigenvalue weighted by Crippen LogP contribution is 2.41. The summed E-state index contributed by atoms with van der Waals surface area (Å²) in [6.07, 6.45) is 2.68. The second-order valence-electron chi connectivity index (χ2n) is 7.01. The van der Waals surface area contributed by atoms with E-state index < -0.39 is 5.92 Å². The van der Waals surface area contributed by atoms with Crippen LogP contribution in [0, 0.1) is 5.92 Å². The van der Waals surface area contributed by atoms with Crippen LogP contribution in [0.1, 0.15) is 44.2 Å². The van der Waals surface area contributed by atoms with Gasteiger partial charge in [0.1, 0.15) is 11.5 Å². The van der Waals surface area contributed by atoms with Crippen LogP contribution in [0.3, 0.4) is 0 Å². The predicted molar refractivity (Wildman–Crippen MR) is 107 cm³/mol. The first-order valence-electron chi connectivity index (χ1n) is 9.84.